The Labute approximate surface area is 145 Å². The lowest BCUT2D eigenvalue weighted by atomic mass is 9.88. The van der Waals surface area contributed by atoms with Gasteiger partial charge in [-0.25, -0.2) is 4.98 Å². The van der Waals surface area contributed by atoms with Crippen molar-refractivity contribution in [3.05, 3.63) is 59.7 Å². The zero-order valence-electron chi connectivity index (χ0n) is 13.3. The lowest BCUT2D eigenvalue weighted by molar-refractivity contribution is -0.119. The highest BCUT2D eigenvalue weighted by Crippen LogP contribution is 2.29. The van der Waals surface area contributed by atoms with Crippen LogP contribution in [0.2, 0.25) is 0 Å². The summed E-state index contributed by atoms with van der Waals surface area (Å²) in [4.78, 5) is 20.1. The molecule has 0 fully saturated rings. The largest absolute Gasteiger partial charge is 0.349 e. The molecule has 122 valence electrons. The Hall–Kier alpha value is -2.27. The molecule has 1 aliphatic rings. The first-order chi connectivity index (χ1) is 11.8. The number of thioether (sulfide) groups is 1. The normalized spacial score (nSPS) is 16.8. The average molecular weight is 337 g/mol. The Bertz CT molecular complexity index is 841. The predicted octanol–water partition coefficient (Wildman–Crippen LogP) is 3.85. The highest BCUT2D eigenvalue weighted by Gasteiger charge is 2.21. The van der Waals surface area contributed by atoms with Crippen molar-refractivity contribution in [3.8, 4) is 0 Å². The lowest BCUT2D eigenvalue weighted by Crippen LogP contribution is -2.32. The van der Waals surface area contributed by atoms with Crippen molar-refractivity contribution in [1.29, 1.82) is 0 Å². The van der Waals surface area contributed by atoms with E-state index in [9.17, 15) is 4.79 Å². The molecule has 2 N–H and O–H groups in total. The van der Waals surface area contributed by atoms with Crippen LogP contribution >= 0.6 is 11.8 Å². The molecule has 0 aliphatic heterocycles. The van der Waals surface area contributed by atoms with Crippen LogP contribution in [0.15, 0.2) is 53.7 Å². The molecule has 0 radical (unpaired) electrons. The topological polar surface area (TPSA) is 57.8 Å². The molecule has 1 amide bonds. The van der Waals surface area contributed by atoms with E-state index < -0.39 is 0 Å². The molecule has 24 heavy (non-hydrogen) atoms. The van der Waals surface area contributed by atoms with Gasteiger partial charge in [0.15, 0.2) is 5.16 Å². The van der Waals surface area contributed by atoms with Crippen LogP contribution in [-0.2, 0) is 11.2 Å². The summed E-state index contributed by atoms with van der Waals surface area (Å²) >= 11 is 1.45. The summed E-state index contributed by atoms with van der Waals surface area (Å²) in [5.74, 6) is 0.431. The van der Waals surface area contributed by atoms with E-state index in [4.69, 9.17) is 0 Å². The fraction of sp³-hybridized carbons (Fsp3) is 0.263. The number of nitrogens with zero attached hydrogens (tertiary/aromatic N) is 1. The summed E-state index contributed by atoms with van der Waals surface area (Å²) < 4.78 is 0. The Balaban J connectivity index is 1.39. The monoisotopic (exact) mass is 337 g/mol. The van der Waals surface area contributed by atoms with E-state index in [1.54, 1.807) is 0 Å². The molecule has 2 aromatic carbocycles. The van der Waals surface area contributed by atoms with Crippen LogP contribution in [0.25, 0.3) is 11.0 Å². The number of para-hydroxylation sites is 2. The van der Waals surface area contributed by atoms with Crippen molar-refractivity contribution in [2.24, 2.45) is 0 Å². The van der Waals surface area contributed by atoms with Crippen LogP contribution in [0, 0.1) is 0 Å². The molecule has 0 spiro atoms. The number of rotatable bonds is 4. The van der Waals surface area contributed by atoms with E-state index >= 15 is 0 Å². The summed E-state index contributed by atoms with van der Waals surface area (Å²) in [6.45, 7) is 0. The zero-order valence-corrected chi connectivity index (χ0v) is 14.1. The third-order valence-electron chi connectivity index (χ3n) is 4.41. The molecule has 5 heteroatoms. The third-order valence-corrected chi connectivity index (χ3v) is 5.29. The molecule has 1 atom stereocenters. The molecular weight excluding hydrogens is 318 g/mol. The molecule has 0 bridgehead atoms. The molecule has 1 aromatic heterocycles. The smallest absolute Gasteiger partial charge is 0.230 e. The minimum atomic E-state index is 0.0576. The van der Waals surface area contributed by atoms with Crippen molar-refractivity contribution in [2.75, 3.05) is 5.75 Å². The number of carbonyl (C=O) groups excluding carboxylic acids is 1. The first-order valence-electron chi connectivity index (χ1n) is 8.24. The van der Waals surface area contributed by atoms with Gasteiger partial charge in [0.25, 0.3) is 0 Å². The van der Waals surface area contributed by atoms with Gasteiger partial charge in [-0.3, -0.25) is 4.79 Å². The summed E-state index contributed by atoms with van der Waals surface area (Å²) in [5.41, 5.74) is 4.56. The maximum Gasteiger partial charge on any atom is 0.230 e. The molecule has 1 heterocycles. The molecule has 0 saturated heterocycles. The first kappa shape index (κ1) is 15.3. The number of imidazole rings is 1. The summed E-state index contributed by atoms with van der Waals surface area (Å²) in [5, 5.41) is 3.97. The molecule has 0 saturated carbocycles. The maximum absolute atomic E-state index is 12.3. The second kappa shape index (κ2) is 6.69. The average Bonchev–Trinajstić information content (AvgIpc) is 3.03. The fourth-order valence-electron chi connectivity index (χ4n) is 3.27. The van der Waals surface area contributed by atoms with Crippen LogP contribution in [-0.4, -0.2) is 21.6 Å². The van der Waals surface area contributed by atoms with E-state index in [2.05, 4.69) is 33.5 Å². The SMILES string of the molecule is O=C(CSc1nc2ccccc2[nH]1)N[C@H]1CCCc2ccccc21. The number of nitrogens with one attached hydrogen (secondary N) is 2. The van der Waals surface area contributed by atoms with Gasteiger partial charge in [0.2, 0.25) is 5.91 Å². The van der Waals surface area contributed by atoms with Gasteiger partial charge in [-0.1, -0.05) is 48.2 Å². The van der Waals surface area contributed by atoms with Gasteiger partial charge in [-0.05, 0) is 42.5 Å². The predicted molar refractivity (Wildman–Crippen MR) is 97.1 cm³/mol. The van der Waals surface area contributed by atoms with Gasteiger partial charge < -0.3 is 10.3 Å². The van der Waals surface area contributed by atoms with Gasteiger partial charge in [-0.2, -0.15) is 0 Å². The standard InChI is InChI=1S/C19H19N3OS/c23-18(12-24-19-21-16-9-3-4-10-17(16)22-19)20-15-11-5-7-13-6-1-2-8-14(13)15/h1-4,6,8-10,15H,5,7,11-12H2,(H,20,23)(H,21,22)/t15-/m0/s1. The number of aromatic amines is 1. The number of aromatic nitrogens is 2. The van der Waals surface area contributed by atoms with E-state index in [1.807, 2.05) is 30.3 Å². The molecular formula is C19H19N3OS. The fourth-order valence-corrected chi connectivity index (χ4v) is 3.97. The highest BCUT2D eigenvalue weighted by atomic mass is 32.2. The minimum Gasteiger partial charge on any atom is -0.349 e. The number of fused-ring (bicyclic) bond motifs is 2. The number of benzene rings is 2. The molecule has 4 rings (SSSR count). The summed E-state index contributed by atoms with van der Waals surface area (Å²) in [6, 6.07) is 16.4. The van der Waals surface area contributed by atoms with Crippen molar-refractivity contribution in [1.82, 2.24) is 15.3 Å². The van der Waals surface area contributed by atoms with Gasteiger partial charge in [0.1, 0.15) is 0 Å². The molecule has 4 nitrogen and oxygen atoms in total. The van der Waals surface area contributed by atoms with E-state index in [-0.39, 0.29) is 11.9 Å². The van der Waals surface area contributed by atoms with E-state index in [0.29, 0.717) is 5.75 Å². The van der Waals surface area contributed by atoms with E-state index in [1.165, 1.54) is 22.9 Å². The summed E-state index contributed by atoms with van der Waals surface area (Å²) in [7, 11) is 0. The number of amides is 1. The molecule has 3 aromatic rings. The minimum absolute atomic E-state index is 0.0576. The Kier molecular flexibility index (Phi) is 4.26. The Morgan fingerprint density at radius 1 is 1.21 bits per heavy atom. The number of carbonyl (C=O) groups is 1. The second-order valence-corrected chi connectivity index (χ2v) is 7.02. The Morgan fingerprint density at radius 3 is 2.96 bits per heavy atom. The van der Waals surface area contributed by atoms with Crippen LogP contribution < -0.4 is 5.32 Å². The lowest BCUT2D eigenvalue weighted by Gasteiger charge is -2.26. The van der Waals surface area contributed by atoms with Gasteiger partial charge in [-0.15, -0.1) is 0 Å². The van der Waals surface area contributed by atoms with Crippen LogP contribution in [0.3, 0.4) is 0 Å². The number of hydrogen-bond acceptors (Lipinski definition) is 3. The van der Waals surface area contributed by atoms with Crippen LogP contribution in [0.5, 0.6) is 0 Å². The van der Waals surface area contributed by atoms with Crippen LogP contribution in [0.4, 0.5) is 0 Å². The van der Waals surface area contributed by atoms with Crippen molar-refractivity contribution in [3.63, 3.8) is 0 Å². The van der Waals surface area contributed by atoms with Gasteiger partial charge in [0, 0.05) is 0 Å². The van der Waals surface area contributed by atoms with Gasteiger partial charge in [0.05, 0.1) is 22.8 Å². The number of aryl methyl sites for hydroxylation is 1. The van der Waals surface area contributed by atoms with Gasteiger partial charge >= 0.3 is 0 Å². The number of hydrogen-bond donors (Lipinski definition) is 2. The third kappa shape index (κ3) is 3.17. The van der Waals surface area contributed by atoms with Crippen LogP contribution in [0.1, 0.15) is 30.0 Å². The summed E-state index contributed by atoms with van der Waals surface area (Å²) in [6.07, 6.45) is 3.24. The Morgan fingerprint density at radius 2 is 2.04 bits per heavy atom. The van der Waals surface area contributed by atoms with Crippen molar-refractivity contribution < 1.29 is 4.79 Å². The molecule has 0 unspecified atom stereocenters. The maximum atomic E-state index is 12.3. The van der Waals surface area contributed by atoms with Crippen molar-refractivity contribution in [2.45, 2.75) is 30.5 Å². The zero-order chi connectivity index (χ0) is 16.4. The molecule has 1 aliphatic carbocycles. The van der Waals surface area contributed by atoms with E-state index in [0.717, 1.165) is 35.5 Å². The van der Waals surface area contributed by atoms with Crippen molar-refractivity contribution >= 4 is 28.7 Å². The quantitative estimate of drug-likeness (QED) is 0.711. The highest BCUT2D eigenvalue weighted by molar-refractivity contribution is 7.99. The first-order valence-corrected chi connectivity index (χ1v) is 9.23. The second-order valence-electron chi connectivity index (χ2n) is 6.06. The number of H-pyrrole nitrogens is 1.